The zero-order chi connectivity index (χ0) is 13.1. The summed E-state index contributed by atoms with van der Waals surface area (Å²) in [7, 11) is 2.05. The molecule has 98 valence electrons. The number of nitrogens with one attached hydrogen (secondary N) is 1. The van der Waals surface area contributed by atoms with E-state index in [1.165, 1.54) is 4.88 Å². The lowest BCUT2D eigenvalue weighted by Crippen LogP contribution is -2.22. The van der Waals surface area contributed by atoms with Crippen LogP contribution in [0.5, 0.6) is 0 Å². The van der Waals surface area contributed by atoms with Gasteiger partial charge in [-0.05, 0) is 19.2 Å². The molecule has 0 atom stereocenters. The average Bonchev–Trinajstić information content (AvgIpc) is 2.74. The van der Waals surface area contributed by atoms with Gasteiger partial charge in [-0.1, -0.05) is 0 Å². The number of anilines is 2. The molecule has 0 aromatic carbocycles. The van der Waals surface area contributed by atoms with Gasteiger partial charge in [0.05, 0.1) is 5.39 Å². The van der Waals surface area contributed by atoms with Crippen LogP contribution in [0.1, 0.15) is 4.88 Å². The third-order valence-electron chi connectivity index (χ3n) is 2.62. The standard InChI is InChI=1S/C11H17N5S2/c1-7-6-8-9(16(2)4-5-17-3)13-11(15-12)14-10(8)18-7/h6H,4-5,12H2,1-3H3,(H,13,14,15). The van der Waals surface area contributed by atoms with Crippen molar-refractivity contribution >= 4 is 45.1 Å². The predicted octanol–water partition coefficient (Wildman–Crippen LogP) is 2.08. The summed E-state index contributed by atoms with van der Waals surface area (Å²) >= 11 is 3.48. The molecule has 18 heavy (non-hydrogen) atoms. The van der Waals surface area contributed by atoms with Crippen molar-refractivity contribution in [1.82, 2.24) is 9.97 Å². The minimum absolute atomic E-state index is 0.468. The Morgan fingerprint density at radius 1 is 1.50 bits per heavy atom. The first-order valence-electron chi connectivity index (χ1n) is 5.60. The van der Waals surface area contributed by atoms with Crippen molar-refractivity contribution in [3.05, 3.63) is 10.9 Å². The van der Waals surface area contributed by atoms with Crippen LogP contribution in [0.3, 0.4) is 0 Å². The second kappa shape index (κ2) is 5.73. The van der Waals surface area contributed by atoms with E-state index < -0.39 is 0 Å². The fraction of sp³-hybridized carbons (Fsp3) is 0.455. The first-order chi connectivity index (χ1) is 8.65. The summed E-state index contributed by atoms with van der Waals surface area (Å²) in [6, 6.07) is 2.13. The van der Waals surface area contributed by atoms with Crippen LogP contribution in [-0.4, -0.2) is 35.6 Å². The molecule has 3 N–H and O–H groups in total. The zero-order valence-electron chi connectivity index (χ0n) is 10.7. The summed E-state index contributed by atoms with van der Waals surface area (Å²) in [5, 5.41) is 1.10. The second-order valence-electron chi connectivity index (χ2n) is 4.01. The third-order valence-corrected chi connectivity index (χ3v) is 4.15. The van der Waals surface area contributed by atoms with Crippen molar-refractivity contribution in [1.29, 1.82) is 0 Å². The molecule has 0 radical (unpaired) electrons. The number of thioether (sulfide) groups is 1. The van der Waals surface area contributed by atoms with E-state index in [2.05, 4.69) is 39.5 Å². The highest BCUT2D eigenvalue weighted by molar-refractivity contribution is 7.98. The Balaban J connectivity index is 2.45. The van der Waals surface area contributed by atoms with Crippen LogP contribution in [0.4, 0.5) is 11.8 Å². The number of nitrogen functional groups attached to an aromatic ring is 1. The Hall–Kier alpha value is -1.05. The van der Waals surface area contributed by atoms with Crippen LogP contribution in [0.25, 0.3) is 10.2 Å². The number of aryl methyl sites for hydroxylation is 1. The number of hydrazine groups is 1. The largest absolute Gasteiger partial charge is 0.358 e. The SMILES string of the molecule is CSCCN(C)c1nc(NN)nc2sc(C)cc12. The zero-order valence-corrected chi connectivity index (χ0v) is 12.4. The fourth-order valence-corrected chi connectivity index (χ4v) is 3.05. The van der Waals surface area contributed by atoms with E-state index in [1.807, 2.05) is 18.8 Å². The van der Waals surface area contributed by atoms with Gasteiger partial charge >= 0.3 is 0 Å². The Morgan fingerprint density at radius 3 is 2.94 bits per heavy atom. The monoisotopic (exact) mass is 283 g/mol. The topological polar surface area (TPSA) is 67.1 Å². The molecular formula is C11H17N5S2. The second-order valence-corrected chi connectivity index (χ2v) is 6.23. The maximum Gasteiger partial charge on any atom is 0.240 e. The van der Waals surface area contributed by atoms with E-state index in [-0.39, 0.29) is 0 Å². The molecule has 0 aliphatic carbocycles. The van der Waals surface area contributed by atoms with E-state index in [9.17, 15) is 0 Å². The van der Waals surface area contributed by atoms with Gasteiger partial charge in [0, 0.05) is 24.2 Å². The number of nitrogens with two attached hydrogens (primary N) is 1. The van der Waals surface area contributed by atoms with Gasteiger partial charge in [-0.25, -0.2) is 10.8 Å². The summed E-state index contributed by atoms with van der Waals surface area (Å²) in [5.74, 6) is 7.89. The molecular weight excluding hydrogens is 266 g/mol. The van der Waals surface area contributed by atoms with Crippen molar-refractivity contribution in [3.8, 4) is 0 Å². The summed E-state index contributed by atoms with van der Waals surface area (Å²) in [4.78, 5) is 13.2. The molecule has 0 spiro atoms. The molecule has 0 bridgehead atoms. The summed E-state index contributed by atoms with van der Waals surface area (Å²) in [6.45, 7) is 3.03. The van der Waals surface area contributed by atoms with Gasteiger partial charge in [-0.3, -0.25) is 5.43 Å². The molecule has 0 amide bonds. The third kappa shape index (κ3) is 2.68. The number of nitrogens with zero attached hydrogens (tertiary/aromatic N) is 3. The molecule has 7 heteroatoms. The van der Waals surface area contributed by atoms with Gasteiger partial charge < -0.3 is 4.90 Å². The summed E-state index contributed by atoms with van der Waals surface area (Å²) in [5.41, 5.74) is 2.53. The Kier molecular flexibility index (Phi) is 4.26. The van der Waals surface area contributed by atoms with Crippen LogP contribution in [0, 0.1) is 6.92 Å². The minimum atomic E-state index is 0.468. The van der Waals surface area contributed by atoms with Crippen LogP contribution < -0.4 is 16.2 Å². The number of hydrogen-bond acceptors (Lipinski definition) is 7. The van der Waals surface area contributed by atoms with Crippen molar-refractivity contribution in [2.24, 2.45) is 5.84 Å². The number of hydrogen-bond donors (Lipinski definition) is 2. The van der Waals surface area contributed by atoms with Crippen molar-refractivity contribution in [2.45, 2.75) is 6.92 Å². The molecule has 0 saturated heterocycles. The van der Waals surface area contributed by atoms with Crippen molar-refractivity contribution in [2.75, 3.05) is 35.9 Å². The summed E-state index contributed by atoms with van der Waals surface area (Å²) < 4.78 is 0. The van der Waals surface area contributed by atoms with Gasteiger partial charge in [0.15, 0.2) is 0 Å². The normalized spacial score (nSPS) is 10.9. The number of aromatic nitrogens is 2. The summed E-state index contributed by atoms with van der Waals surface area (Å²) in [6.07, 6.45) is 2.10. The number of fused-ring (bicyclic) bond motifs is 1. The molecule has 2 heterocycles. The Morgan fingerprint density at radius 2 is 2.28 bits per heavy atom. The molecule has 0 saturated carbocycles. The van der Waals surface area contributed by atoms with Crippen LogP contribution in [-0.2, 0) is 0 Å². The van der Waals surface area contributed by atoms with Crippen LogP contribution >= 0.6 is 23.1 Å². The lowest BCUT2D eigenvalue weighted by atomic mass is 10.3. The van der Waals surface area contributed by atoms with E-state index in [4.69, 9.17) is 5.84 Å². The molecule has 5 nitrogen and oxygen atoms in total. The van der Waals surface area contributed by atoms with E-state index in [0.29, 0.717) is 5.95 Å². The molecule has 2 aromatic rings. The predicted molar refractivity (Wildman–Crippen MR) is 81.6 cm³/mol. The maximum absolute atomic E-state index is 5.42. The fourth-order valence-electron chi connectivity index (χ4n) is 1.72. The van der Waals surface area contributed by atoms with Gasteiger partial charge in [0.1, 0.15) is 10.6 Å². The van der Waals surface area contributed by atoms with Crippen LogP contribution in [0.2, 0.25) is 0 Å². The Bertz CT molecular complexity index is 539. The van der Waals surface area contributed by atoms with Gasteiger partial charge in [-0.15, -0.1) is 11.3 Å². The smallest absolute Gasteiger partial charge is 0.240 e. The highest BCUT2D eigenvalue weighted by Crippen LogP contribution is 2.31. The molecule has 0 aliphatic heterocycles. The number of thiophene rings is 1. The van der Waals surface area contributed by atoms with Crippen molar-refractivity contribution in [3.63, 3.8) is 0 Å². The average molecular weight is 283 g/mol. The minimum Gasteiger partial charge on any atom is -0.358 e. The molecule has 0 unspecified atom stereocenters. The highest BCUT2D eigenvalue weighted by atomic mass is 32.2. The lowest BCUT2D eigenvalue weighted by molar-refractivity contribution is 0.948. The molecule has 0 aliphatic rings. The van der Waals surface area contributed by atoms with Crippen molar-refractivity contribution < 1.29 is 0 Å². The van der Waals surface area contributed by atoms with E-state index in [1.54, 1.807) is 11.3 Å². The molecule has 2 aromatic heterocycles. The van der Waals surface area contributed by atoms with Gasteiger partial charge in [0.25, 0.3) is 0 Å². The van der Waals surface area contributed by atoms with Gasteiger partial charge in [-0.2, -0.15) is 16.7 Å². The molecule has 0 fully saturated rings. The first-order valence-corrected chi connectivity index (χ1v) is 7.81. The van der Waals surface area contributed by atoms with Crippen LogP contribution in [0.15, 0.2) is 6.07 Å². The van der Waals surface area contributed by atoms with E-state index in [0.717, 1.165) is 28.3 Å². The first kappa shape index (κ1) is 13.4. The maximum atomic E-state index is 5.42. The van der Waals surface area contributed by atoms with Gasteiger partial charge in [0.2, 0.25) is 5.95 Å². The molecule has 2 rings (SSSR count). The lowest BCUT2D eigenvalue weighted by Gasteiger charge is -2.18. The number of rotatable bonds is 5. The highest BCUT2D eigenvalue weighted by Gasteiger charge is 2.13. The van der Waals surface area contributed by atoms with E-state index >= 15 is 0 Å². The quantitative estimate of drug-likeness (QED) is 0.647. The Labute approximate surface area is 115 Å².